The molecule has 0 aliphatic carbocycles. The van der Waals surface area contributed by atoms with Gasteiger partial charge in [-0.15, -0.1) is 0 Å². The largest absolute Gasteiger partial charge is 0.479 e. The summed E-state index contributed by atoms with van der Waals surface area (Å²) < 4.78 is 5.77. The smallest absolute Gasteiger partial charge is 0.332 e. The Hall–Kier alpha value is -1.15. The average Bonchev–Trinajstić information content (AvgIpc) is 2.29. The summed E-state index contributed by atoms with van der Waals surface area (Å²) in [5.74, 6) is -1.46. The molecular weight excluding hydrogens is 337 g/mol. The van der Waals surface area contributed by atoms with Crippen LogP contribution in [0.4, 0.5) is 5.69 Å². The fourth-order valence-corrected chi connectivity index (χ4v) is 1.54. The van der Waals surface area contributed by atoms with E-state index in [9.17, 15) is 9.59 Å². The zero-order valence-corrected chi connectivity index (χ0v) is 11.3. The number of hydrogen-bond donors (Lipinski definition) is 2. The second-order valence-corrected chi connectivity index (χ2v) is 4.48. The Morgan fingerprint density at radius 1 is 1.47 bits per heavy atom. The molecule has 0 aliphatic rings. The normalized spacial score (nSPS) is 11.9. The van der Waals surface area contributed by atoms with Gasteiger partial charge in [-0.1, -0.05) is 12.1 Å². The average molecular weight is 349 g/mol. The molecule has 0 spiro atoms. The number of carbonyl (C=O) groups excluding carboxylic acids is 1. The van der Waals surface area contributed by atoms with Crippen LogP contribution in [0.5, 0.6) is 0 Å². The maximum Gasteiger partial charge on any atom is 0.332 e. The SMILES string of the molecule is C[C@@H](OCC(=O)Nc1ccccc1I)C(=O)O. The molecule has 1 rings (SSSR count). The number of hydrogen-bond acceptors (Lipinski definition) is 3. The fourth-order valence-electron chi connectivity index (χ4n) is 1.02. The molecule has 17 heavy (non-hydrogen) atoms. The summed E-state index contributed by atoms with van der Waals surface area (Å²) >= 11 is 2.10. The lowest BCUT2D eigenvalue weighted by Crippen LogP contribution is -2.26. The second-order valence-electron chi connectivity index (χ2n) is 3.32. The predicted octanol–water partition coefficient (Wildman–Crippen LogP) is 1.72. The van der Waals surface area contributed by atoms with Crippen molar-refractivity contribution in [2.45, 2.75) is 13.0 Å². The van der Waals surface area contributed by atoms with E-state index in [0.717, 1.165) is 3.57 Å². The predicted molar refractivity (Wildman–Crippen MR) is 70.8 cm³/mol. The molecule has 6 heteroatoms. The molecule has 1 aromatic carbocycles. The third-order valence-electron chi connectivity index (χ3n) is 1.96. The van der Waals surface area contributed by atoms with Crippen LogP contribution in [0, 0.1) is 3.57 Å². The van der Waals surface area contributed by atoms with Gasteiger partial charge in [0.1, 0.15) is 6.61 Å². The van der Waals surface area contributed by atoms with E-state index in [2.05, 4.69) is 27.9 Å². The number of benzene rings is 1. The summed E-state index contributed by atoms with van der Waals surface area (Å²) in [6.45, 7) is 1.10. The van der Waals surface area contributed by atoms with Gasteiger partial charge in [0, 0.05) is 3.57 Å². The molecule has 5 nitrogen and oxygen atoms in total. The highest BCUT2D eigenvalue weighted by Crippen LogP contribution is 2.16. The van der Waals surface area contributed by atoms with E-state index < -0.39 is 12.1 Å². The molecule has 0 fully saturated rings. The van der Waals surface area contributed by atoms with Crippen LogP contribution < -0.4 is 5.32 Å². The van der Waals surface area contributed by atoms with Gasteiger partial charge in [-0.2, -0.15) is 0 Å². The topological polar surface area (TPSA) is 75.6 Å². The van der Waals surface area contributed by atoms with E-state index in [1.807, 2.05) is 12.1 Å². The third-order valence-corrected chi connectivity index (χ3v) is 2.90. The molecule has 0 bridgehead atoms. The van der Waals surface area contributed by atoms with Gasteiger partial charge in [0.15, 0.2) is 6.10 Å². The van der Waals surface area contributed by atoms with E-state index in [1.165, 1.54) is 6.92 Å². The van der Waals surface area contributed by atoms with Crippen molar-refractivity contribution in [1.82, 2.24) is 0 Å². The number of para-hydroxylation sites is 1. The highest BCUT2D eigenvalue weighted by Gasteiger charge is 2.13. The summed E-state index contributed by atoms with van der Waals surface area (Å²) in [6.07, 6.45) is -0.990. The number of carboxylic acid groups (broad SMARTS) is 1. The van der Waals surface area contributed by atoms with Gasteiger partial charge in [-0.25, -0.2) is 4.79 Å². The van der Waals surface area contributed by atoms with Gasteiger partial charge in [0.2, 0.25) is 5.91 Å². The number of nitrogens with one attached hydrogen (secondary N) is 1. The van der Waals surface area contributed by atoms with Crippen LogP contribution in [-0.4, -0.2) is 29.7 Å². The first-order chi connectivity index (χ1) is 8.00. The van der Waals surface area contributed by atoms with E-state index in [0.29, 0.717) is 5.69 Å². The third kappa shape index (κ3) is 4.70. The molecule has 1 amide bonds. The number of aliphatic carboxylic acids is 1. The van der Waals surface area contributed by atoms with Crippen molar-refractivity contribution in [3.05, 3.63) is 27.8 Å². The first-order valence-corrected chi connectivity index (χ1v) is 5.97. The number of amides is 1. The molecular formula is C11H12INO4. The van der Waals surface area contributed by atoms with Gasteiger partial charge in [-0.3, -0.25) is 4.79 Å². The number of ether oxygens (including phenoxy) is 1. The lowest BCUT2D eigenvalue weighted by Gasteiger charge is -2.09. The Morgan fingerprint density at radius 2 is 2.12 bits per heavy atom. The van der Waals surface area contributed by atoms with Gasteiger partial charge in [0.25, 0.3) is 0 Å². The first kappa shape index (κ1) is 13.9. The molecule has 2 N–H and O–H groups in total. The van der Waals surface area contributed by atoms with Crippen LogP contribution in [-0.2, 0) is 14.3 Å². The van der Waals surface area contributed by atoms with Gasteiger partial charge in [-0.05, 0) is 41.6 Å². The molecule has 0 aliphatic heterocycles. The molecule has 0 saturated carbocycles. The lowest BCUT2D eigenvalue weighted by molar-refractivity contribution is -0.150. The Kier molecular flexibility index (Phi) is 5.36. The van der Waals surface area contributed by atoms with Gasteiger partial charge in [0.05, 0.1) is 5.69 Å². The van der Waals surface area contributed by atoms with Gasteiger partial charge >= 0.3 is 5.97 Å². The fraction of sp³-hybridized carbons (Fsp3) is 0.273. The minimum atomic E-state index is -1.09. The van der Waals surface area contributed by atoms with Crippen LogP contribution in [0.15, 0.2) is 24.3 Å². The molecule has 0 radical (unpaired) electrons. The van der Waals surface area contributed by atoms with Crippen molar-refractivity contribution >= 4 is 40.2 Å². The highest BCUT2D eigenvalue weighted by molar-refractivity contribution is 14.1. The highest BCUT2D eigenvalue weighted by atomic mass is 127. The molecule has 0 aromatic heterocycles. The Morgan fingerprint density at radius 3 is 2.71 bits per heavy atom. The number of anilines is 1. The van der Waals surface area contributed by atoms with E-state index in [1.54, 1.807) is 12.1 Å². The van der Waals surface area contributed by atoms with E-state index in [4.69, 9.17) is 9.84 Å². The molecule has 0 heterocycles. The summed E-state index contributed by atoms with van der Waals surface area (Å²) in [4.78, 5) is 21.9. The maximum absolute atomic E-state index is 11.5. The van der Waals surface area contributed by atoms with Crippen molar-refractivity contribution in [3.8, 4) is 0 Å². The van der Waals surface area contributed by atoms with Gasteiger partial charge < -0.3 is 15.2 Å². The Bertz CT molecular complexity index is 422. The summed E-state index contributed by atoms with van der Waals surface area (Å²) in [5, 5.41) is 11.2. The van der Waals surface area contributed by atoms with Crippen LogP contribution in [0.2, 0.25) is 0 Å². The minimum Gasteiger partial charge on any atom is -0.479 e. The number of halogens is 1. The lowest BCUT2D eigenvalue weighted by atomic mass is 10.3. The molecule has 1 aromatic rings. The van der Waals surface area contributed by atoms with E-state index >= 15 is 0 Å². The number of carbonyl (C=O) groups is 2. The van der Waals surface area contributed by atoms with Crippen LogP contribution >= 0.6 is 22.6 Å². The monoisotopic (exact) mass is 349 g/mol. The molecule has 0 unspecified atom stereocenters. The maximum atomic E-state index is 11.5. The Balaban J connectivity index is 2.46. The molecule has 92 valence electrons. The first-order valence-electron chi connectivity index (χ1n) is 4.89. The standard InChI is InChI=1S/C11H12INO4/c1-7(11(15)16)17-6-10(14)13-9-5-3-2-4-8(9)12/h2-5,7H,6H2,1H3,(H,13,14)(H,15,16)/t7-/m1/s1. The van der Waals surface area contributed by atoms with Crippen molar-refractivity contribution in [2.75, 3.05) is 11.9 Å². The van der Waals surface area contributed by atoms with Crippen molar-refractivity contribution in [3.63, 3.8) is 0 Å². The zero-order valence-electron chi connectivity index (χ0n) is 9.14. The van der Waals surface area contributed by atoms with Crippen LogP contribution in [0.25, 0.3) is 0 Å². The van der Waals surface area contributed by atoms with Crippen molar-refractivity contribution < 1.29 is 19.4 Å². The second kappa shape index (κ2) is 6.55. The number of rotatable bonds is 5. The summed E-state index contributed by atoms with van der Waals surface area (Å²) in [5.41, 5.74) is 0.685. The number of carboxylic acids is 1. The summed E-state index contributed by atoms with van der Waals surface area (Å²) in [6, 6.07) is 7.29. The van der Waals surface area contributed by atoms with E-state index in [-0.39, 0.29) is 12.5 Å². The van der Waals surface area contributed by atoms with Crippen molar-refractivity contribution in [2.24, 2.45) is 0 Å². The Labute approximate surface area is 112 Å². The van der Waals surface area contributed by atoms with Crippen LogP contribution in [0.1, 0.15) is 6.92 Å². The summed E-state index contributed by atoms with van der Waals surface area (Å²) in [7, 11) is 0. The quantitative estimate of drug-likeness (QED) is 0.794. The molecule has 0 saturated heterocycles. The van der Waals surface area contributed by atoms with Crippen molar-refractivity contribution in [1.29, 1.82) is 0 Å². The minimum absolute atomic E-state index is 0.279. The zero-order chi connectivity index (χ0) is 12.8. The molecule has 1 atom stereocenters. The van der Waals surface area contributed by atoms with Crippen LogP contribution in [0.3, 0.4) is 0 Å².